The molecule has 1 amide bonds. The molecule has 0 radical (unpaired) electrons. The molecule has 7 aliphatic rings. The van der Waals surface area contributed by atoms with Crippen molar-refractivity contribution in [2.75, 3.05) is 87.3 Å². The Bertz CT molecular complexity index is 3280. The Kier molecular flexibility index (Phi) is 12.8. The molecule has 398 valence electrons. The number of hydrogen-bond donors (Lipinski definition) is 3. The SMILES string of the molecule is Cc1ccccc1[C@@H]1CCCN1C1CC2(CCN(c3ccc(C(=O)NS(=O)(=O)c4cc5c(c([N+](=O)[O-])c4)N[C@@H](CN4CCN(S(=O)(=O)C(C)C)CC4)CO5)c(N4c5cc6cc[nH]c6nc5O[C@@H]5COC[C@H]54)c3)CC2)C1. The van der Waals surface area contributed by atoms with Gasteiger partial charge in [0.2, 0.25) is 15.9 Å². The fourth-order valence-electron chi connectivity index (χ4n) is 12.9. The standard InChI is InChI=1S/C53H64N10O10S2/c1-33(2)75(69,70)60-21-19-58(20-22-60)29-36-30-72-47-26-39(25-44(63(65)66)49(47)55-36)74(67,68)57-51(64)41-11-10-37(24-43(41)62-45-23-35-12-15-54-50(35)56-52(45)73-48-32-71-31-46(48)62)59-17-13-53(14-18-59)27-38(28-53)61-16-6-9-42(61)40-8-5-4-7-34(40)3/h4-5,7-8,10-12,15,23-26,33,36,38,42,46,48,55H,6,9,13-14,16-22,27-32H2,1-3H3,(H,54,56)(H,57,64)/t36-,42-,46+,48+/m0/s1. The monoisotopic (exact) mass is 1060 g/mol. The van der Waals surface area contributed by atoms with Crippen LogP contribution in [0.3, 0.4) is 0 Å². The van der Waals surface area contributed by atoms with E-state index in [9.17, 15) is 31.7 Å². The summed E-state index contributed by atoms with van der Waals surface area (Å²) in [5.74, 6) is -0.629. The van der Waals surface area contributed by atoms with Crippen molar-refractivity contribution >= 4 is 65.4 Å². The summed E-state index contributed by atoms with van der Waals surface area (Å²) in [5.41, 5.74) is 5.20. The predicted octanol–water partition coefficient (Wildman–Crippen LogP) is 6.31. The second kappa shape index (κ2) is 19.2. The van der Waals surface area contributed by atoms with Crippen LogP contribution in [-0.4, -0.2) is 153 Å². The van der Waals surface area contributed by atoms with Crippen molar-refractivity contribution in [2.24, 2.45) is 5.41 Å². The summed E-state index contributed by atoms with van der Waals surface area (Å²) in [6.07, 6.45) is 8.20. The molecule has 0 unspecified atom stereocenters. The van der Waals surface area contributed by atoms with Gasteiger partial charge in [-0.25, -0.2) is 21.6 Å². The number of benzene rings is 3. The zero-order valence-electron chi connectivity index (χ0n) is 42.4. The first kappa shape index (κ1) is 49.8. The van der Waals surface area contributed by atoms with E-state index >= 15 is 0 Å². The number of ether oxygens (including phenoxy) is 3. The molecular weight excluding hydrogens is 1000 g/mol. The highest BCUT2D eigenvalue weighted by molar-refractivity contribution is 7.90. The molecule has 3 aromatic carbocycles. The fraction of sp³-hybridized carbons (Fsp3) is 0.509. The number of nitrogens with zero attached hydrogens (tertiary/aromatic N) is 7. The van der Waals surface area contributed by atoms with Gasteiger partial charge < -0.3 is 34.3 Å². The van der Waals surface area contributed by atoms with Crippen molar-refractivity contribution in [1.29, 1.82) is 0 Å². The van der Waals surface area contributed by atoms with Gasteiger partial charge in [-0.15, -0.1) is 0 Å². The van der Waals surface area contributed by atoms with Gasteiger partial charge in [0.05, 0.1) is 51.6 Å². The molecule has 5 fully saturated rings. The molecular formula is C53H64N10O10S2. The zero-order chi connectivity index (χ0) is 52.0. The minimum atomic E-state index is -4.75. The van der Waals surface area contributed by atoms with Crippen LogP contribution in [0.5, 0.6) is 11.6 Å². The summed E-state index contributed by atoms with van der Waals surface area (Å²) in [5, 5.41) is 16.1. The molecule has 12 rings (SSSR count). The van der Waals surface area contributed by atoms with Crippen LogP contribution in [-0.2, 0) is 24.8 Å². The van der Waals surface area contributed by atoms with Gasteiger partial charge in [0.15, 0.2) is 11.4 Å². The first-order valence-corrected chi connectivity index (χ1v) is 29.3. The third-order valence-corrected chi connectivity index (χ3v) is 20.6. The van der Waals surface area contributed by atoms with Crippen molar-refractivity contribution in [1.82, 2.24) is 28.8 Å². The van der Waals surface area contributed by atoms with Crippen LogP contribution < -0.4 is 29.3 Å². The first-order valence-electron chi connectivity index (χ1n) is 26.3. The number of piperazine rings is 1. The number of aromatic amines is 1. The lowest BCUT2D eigenvalue weighted by Crippen LogP contribution is -2.55. The second-order valence-corrected chi connectivity index (χ2v) is 26.0. The molecule has 1 saturated carbocycles. The number of piperidine rings is 1. The second-order valence-electron chi connectivity index (χ2n) is 21.8. The van der Waals surface area contributed by atoms with Crippen molar-refractivity contribution in [3.63, 3.8) is 0 Å². The maximum absolute atomic E-state index is 14.8. The van der Waals surface area contributed by atoms with Gasteiger partial charge in [0.1, 0.15) is 24.0 Å². The minimum absolute atomic E-state index is 0.0176. The van der Waals surface area contributed by atoms with E-state index in [0.717, 1.165) is 49.6 Å². The summed E-state index contributed by atoms with van der Waals surface area (Å²) >= 11 is 0. The van der Waals surface area contributed by atoms with Crippen molar-refractivity contribution in [3.8, 4) is 11.6 Å². The van der Waals surface area contributed by atoms with Crippen LogP contribution in [0.15, 0.2) is 77.8 Å². The van der Waals surface area contributed by atoms with E-state index < -0.39 is 58.9 Å². The van der Waals surface area contributed by atoms with Crippen LogP contribution in [0.1, 0.15) is 79.9 Å². The molecule has 75 heavy (non-hydrogen) atoms. The van der Waals surface area contributed by atoms with E-state index in [2.05, 4.69) is 60.9 Å². The quantitative estimate of drug-likeness (QED) is 0.0919. The van der Waals surface area contributed by atoms with Gasteiger partial charge >= 0.3 is 0 Å². The molecule has 2 aromatic heterocycles. The lowest BCUT2D eigenvalue weighted by Gasteiger charge is -2.56. The molecule has 20 nitrogen and oxygen atoms in total. The number of nitro benzene ring substituents is 1. The number of amides is 1. The van der Waals surface area contributed by atoms with Crippen LogP contribution in [0, 0.1) is 22.5 Å². The van der Waals surface area contributed by atoms with E-state index in [1.54, 1.807) is 26.1 Å². The third kappa shape index (κ3) is 9.13. The van der Waals surface area contributed by atoms with Gasteiger partial charge in [0, 0.05) is 87.3 Å². The predicted molar refractivity (Wildman–Crippen MR) is 283 cm³/mol. The molecule has 22 heteroatoms. The molecule has 4 atom stereocenters. The fourth-order valence-corrected chi connectivity index (χ4v) is 15.1. The highest BCUT2D eigenvalue weighted by Gasteiger charge is 2.50. The number of hydrogen-bond acceptors (Lipinski definition) is 16. The number of carbonyl (C=O) groups excluding carboxylic acids is 1. The van der Waals surface area contributed by atoms with Crippen molar-refractivity contribution in [3.05, 3.63) is 99.7 Å². The van der Waals surface area contributed by atoms with E-state index in [-0.39, 0.29) is 48.3 Å². The lowest BCUT2D eigenvalue weighted by atomic mass is 9.59. The molecule has 1 aliphatic carbocycles. The van der Waals surface area contributed by atoms with E-state index in [4.69, 9.17) is 19.2 Å². The number of aromatic nitrogens is 2. The Labute approximate surface area is 436 Å². The van der Waals surface area contributed by atoms with E-state index in [1.165, 1.54) is 47.2 Å². The normalized spacial score (nSPS) is 24.3. The average molecular weight is 1070 g/mol. The van der Waals surface area contributed by atoms with Crippen molar-refractivity contribution in [2.45, 2.75) is 99.7 Å². The number of anilines is 4. The van der Waals surface area contributed by atoms with Gasteiger partial charge in [-0.2, -0.15) is 9.29 Å². The summed E-state index contributed by atoms with van der Waals surface area (Å²) in [4.78, 5) is 43.4. The van der Waals surface area contributed by atoms with Crippen LogP contribution in [0.4, 0.5) is 28.4 Å². The molecule has 4 saturated heterocycles. The number of aryl methyl sites for hydroxylation is 1. The summed E-state index contributed by atoms with van der Waals surface area (Å²) < 4.78 is 76.4. The number of rotatable bonds is 12. The van der Waals surface area contributed by atoms with Crippen LogP contribution in [0.2, 0.25) is 0 Å². The van der Waals surface area contributed by atoms with Gasteiger partial charge in [-0.1, -0.05) is 24.3 Å². The Morgan fingerprint density at radius 2 is 1.72 bits per heavy atom. The van der Waals surface area contributed by atoms with Gasteiger partial charge in [0.25, 0.3) is 21.6 Å². The first-order chi connectivity index (χ1) is 36.0. The minimum Gasteiger partial charge on any atom is -0.489 e. The Hall–Kier alpha value is -6.04. The van der Waals surface area contributed by atoms with Crippen LogP contribution >= 0.6 is 0 Å². The topological polar surface area (TPSA) is 225 Å². The summed E-state index contributed by atoms with van der Waals surface area (Å²) in [7, 11) is -8.15. The number of carbonyl (C=O) groups is 1. The summed E-state index contributed by atoms with van der Waals surface area (Å²) in [6.45, 7) is 10.9. The Morgan fingerprint density at radius 1 is 0.933 bits per heavy atom. The number of pyridine rings is 1. The van der Waals surface area contributed by atoms with Crippen LogP contribution in [0.25, 0.3) is 11.0 Å². The maximum atomic E-state index is 14.8. The molecule has 8 heterocycles. The average Bonchev–Trinajstić information content (AvgIpc) is 4.19. The number of nitro groups is 1. The maximum Gasteiger partial charge on any atom is 0.297 e. The summed E-state index contributed by atoms with van der Waals surface area (Å²) in [6, 6.07) is 20.5. The Morgan fingerprint density at radius 3 is 2.48 bits per heavy atom. The number of H-pyrrole nitrogens is 1. The largest absolute Gasteiger partial charge is 0.489 e. The molecule has 5 aromatic rings. The smallest absolute Gasteiger partial charge is 0.297 e. The Balaban J connectivity index is 0.799. The van der Waals surface area contributed by atoms with E-state index in [1.807, 2.05) is 29.2 Å². The van der Waals surface area contributed by atoms with Crippen molar-refractivity contribution < 1.29 is 40.8 Å². The van der Waals surface area contributed by atoms with E-state index in [0.29, 0.717) is 67.7 Å². The highest BCUT2D eigenvalue weighted by Crippen LogP contribution is 2.55. The third-order valence-electron chi connectivity index (χ3n) is 17.0. The zero-order valence-corrected chi connectivity index (χ0v) is 44.1. The number of fused-ring (bicyclic) bond motifs is 4. The number of likely N-dealkylation sites (tertiary alicyclic amines) is 1. The molecule has 1 spiro atoms. The van der Waals surface area contributed by atoms with Gasteiger partial charge in [-0.3, -0.25) is 24.7 Å². The molecule has 6 aliphatic heterocycles. The molecule has 0 bridgehead atoms. The number of sulfonamides is 2. The molecule has 3 N–H and O–H groups in total. The van der Waals surface area contributed by atoms with Gasteiger partial charge in [-0.05, 0) is 113 Å². The highest BCUT2D eigenvalue weighted by atomic mass is 32.2. The lowest BCUT2D eigenvalue weighted by molar-refractivity contribution is -0.384. The number of nitrogens with one attached hydrogen (secondary N) is 3.